The van der Waals surface area contributed by atoms with E-state index in [0.29, 0.717) is 42.6 Å². The molecule has 7 N–H and O–H groups in total. The standard InChI is InChI=1S/C18H21NO2.C12H15NO.C11H15NO2.C6H5BrO.CH4O/c20-17-9-5-4-8-16(17)18(21)10-12-19(13-11-18)14-15-6-2-1-3-7-15;14-12-6-8-13(9-7-12)10-11-4-2-1-3-5-11;13-10-4-2-1-3-9(10)11(14)5-7-12-8-6-11;7-5-3-1-2-4-6(5)8;1-2/h1-9,20-21H,10-14H2;1-5H,6-10H2;1-4,12-14H,5-8H2;1-4,8H;2H,1H3. The number of phenolic OH excluding ortho intramolecular Hbond substituents is 3. The van der Waals surface area contributed by atoms with Crippen LogP contribution in [-0.2, 0) is 29.1 Å². The molecule has 3 heterocycles. The molecule has 5 aromatic rings. The first kappa shape index (κ1) is 47.1. The maximum Gasteiger partial charge on any atom is 0.135 e. The predicted molar refractivity (Wildman–Crippen MR) is 237 cm³/mol. The van der Waals surface area contributed by atoms with Gasteiger partial charge in [0.15, 0.2) is 0 Å². The minimum absolute atomic E-state index is 0.191. The number of para-hydroxylation sites is 3. The van der Waals surface area contributed by atoms with Crippen molar-refractivity contribution in [2.45, 2.75) is 62.8 Å². The van der Waals surface area contributed by atoms with Gasteiger partial charge < -0.3 is 36.0 Å². The zero-order chi connectivity index (χ0) is 42.5. The second kappa shape index (κ2) is 24.5. The molecule has 3 aliphatic heterocycles. The van der Waals surface area contributed by atoms with Gasteiger partial charge in [0.05, 0.1) is 15.7 Å². The number of aromatic hydroxyl groups is 3. The van der Waals surface area contributed by atoms with Crippen LogP contribution in [-0.4, -0.2) is 92.6 Å². The van der Waals surface area contributed by atoms with Crippen molar-refractivity contribution in [1.29, 1.82) is 0 Å². The lowest BCUT2D eigenvalue weighted by atomic mass is 9.84. The summed E-state index contributed by atoms with van der Waals surface area (Å²) in [6.07, 6.45) is 4.07. The van der Waals surface area contributed by atoms with Gasteiger partial charge >= 0.3 is 0 Å². The second-order valence-electron chi connectivity index (χ2n) is 14.9. The number of likely N-dealkylation sites (tertiary alicyclic amines) is 2. The molecule has 10 nitrogen and oxygen atoms in total. The zero-order valence-electron chi connectivity index (χ0n) is 34.0. The number of carbonyl (C=O) groups is 1. The summed E-state index contributed by atoms with van der Waals surface area (Å²) >= 11 is 3.15. The summed E-state index contributed by atoms with van der Waals surface area (Å²) in [5.41, 5.74) is 2.19. The Morgan fingerprint density at radius 3 is 1.31 bits per heavy atom. The Morgan fingerprint density at radius 2 is 0.898 bits per heavy atom. The van der Waals surface area contributed by atoms with E-state index in [2.05, 4.69) is 79.6 Å². The number of hydrogen-bond acceptors (Lipinski definition) is 10. The number of nitrogens with one attached hydrogen (secondary N) is 1. The molecule has 5 aromatic carbocycles. The number of rotatable bonds is 6. The quantitative estimate of drug-likeness (QED) is 0.0915. The van der Waals surface area contributed by atoms with Gasteiger partial charge in [0.1, 0.15) is 23.0 Å². The molecule has 0 unspecified atom stereocenters. The third kappa shape index (κ3) is 15.2. The molecule has 3 saturated heterocycles. The second-order valence-corrected chi connectivity index (χ2v) is 15.7. The number of halogens is 1. The van der Waals surface area contributed by atoms with Crippen LogP contribution in [0.2, 0.25) is 0 Å². The Morgan fingerprint density at radius 1 is 0.525 bits per heavy atom. The summed E-state index contributed by atoms with van der Waals surface area (Å²) in [7, 11) is 1.00. The SMILES string of the molecule is CO.O=C1CCN(Cc2ccccc2)CC1.Oc1ccccc1Br.Oc1ccccc1C1(O)CCN(Cc2ccccc2)CC1.Oc1ccccc1C1(O)CCNCC1. The van der Waals surface area contributed by atoms with E-state index in [1.54, 1.807) is 48.5 Å². The van der Waals surface area contributed by atoms with Crippen LogP contribution in [0, 0.1) is 0 Å². The summed E-state index contributed by atoms with van der Waals surface area (Å²) in [5.74, 6) is 1.08. The van der Waals surface area contributed by atoms with E-state index in [4.69, 9.17) is 10.2 Å². The fourth-order valence-electron chi connectivity index (χ4n) is 7.29. The maximum absolute atomic E-state index is 11.0. The van der Waals surface area contributed by atoms with Gasteiger partial charge in [0.2, 0.25) is 0 Å². The van der Waals surface area contributed by atoms with Crippen molar-refractivity contribution in [2.24, 2.45) is 0 Å². The number of piperidine rings is 3. The van der Waals surface area contributed by atoms with Gasteiger partial charge in [-0.2, -0.15) is 0 Å². The van der Waals surface area contributed by atoms with Crippen molar-refractivity contribution in [1.82, 2.24) is 15.1 Å². The van der Waals surface area contributed by atoms with E-state index in [-0.39, 0.29) is 17.2 Å². The minimum atomic E-state index is -0.904. The van der Waals surface area contributed by atoms with Gasteiger partial charge in [-0.3, -0.25) is 14.6 Å². The van der Waals surface area contributed by atoms with E-state index in [1.807, 2.05) is 36.4 Å². The monoisotopic (exact) mass is 869 g/mol. The molecule has 11 heteroatoms. The third-order valence-electron chi connectivity index (χ3n) is 10.7. The van der Waals surface area contributed by atoms with Gasteiger partial charge in [0, 0.05) is 70.3 Å². The summed E-state index contributed by atoms with van der Waals surface area (Å²) in [6.45, 7) is 7.00. The average molecular weight is 871 g/mol. The molecular weight excluding hydrogens is 810 g/mol. The molecule has 8 rings (SSSR count). The van der Waals surface area contributed by atoms with E-state index >= 15 is 0 Å². The van der Waals surface area contributed by atoms with Crippen molar-refractivity contribution in [2.75, 3.05) is 46.4 Å². The molecule has 0 aromatic heterocycles. The van der Waals surface area contributed by atoms with Crippen molar-refractivity contribution in [3.05, 3.63) is 160 Å². The maximum atomic E-state index is 11.0. The molecule has 0 bridgehead atoms. The van der Waals surface area contributed by atoms with E-state index in [0.717, 1.165) is 76.8 Å². The lowest BCUT2D eigenvalue weighted by Gasteiger charge is -2.38. The highest BCUT2D eigenvalue weighted by atomic mass is 79.9. The number of nitrogens with zero attached hydrogens (tertiary/aromatic N) is 2. The lowest BCUT2D eigenvalue weighted by molar-refractivity contribution is -0.121. The van der Waals surface area contributed by atoms with Crippen LogP contribution in [0.1, 0.15) is 60.8 Å². The highest BCUT2D eigenvalue weighted by Crippen LogP contribution is 2.38. The molecule has 59 heavy (non-hydrogen) atoms. The number of phenols is 3. The van der Waals surface area contributed by atoms with Crippen LogP contribution in [0.4, 0.5) is 0 Å². The zero-order valence-corrected chi connectivity index (χ0v) is 35.6. The molecule has 3 fully saturated rings. The minimum Gasteiger partial charge on any atom is -0.508 e. The summed E-state index contributed by atoms with van der Waals surface area (Å²) in [6, 6.07) is 42.0. The van der Waals surface area contributed by atoms with Crippen LogP contribution >= 0.6 is 15.9 Å². The van der Waals surface area contributed by atoms with Crippen molar-refractivity contribution in [3.63, 3.8) is 0 Å². The smallest absolute Gasteiger partial charge is 0.135 e. The first-order valence-corrected chi connectivity index (χ1v) is 21.0. The van der Waals surface area contributed by atoms with Crippen molar-refractivity contribution < 1.29 is 35.4 Å². The number of aliphatic hydroxyl groups excluding tert-OH is 1. The molecule has 0 aliphatic carbocycles. The van der Waals surface area contributed by atoms with Gasteiger partial charge in [-0.15, -0.1) is 0 Å². The molecule has 0 spiro atoms. The van der Waals surface area contributed by atoms with Crippen molar-refractivity contribution in [3.8, 4) is 17.2 Å². The van der Waals surface area contributed by atoms with Crippen LogP contribution < -0.4 is 5.32 Å². The van der Waals surface area contributed by atoms with Gasteiger partial charge in [0.25, 0.3) is 0 Å². The molecule has 0 amide bonds. The average Bonchev–Trinajstić information content (AvgIpc) is 3.26. The first-order chi connectivity index (χ1) is 28.5. The van der Waals surface area contributed by atoms with Gasteiger partial charge in [-0.25, -0.2) is 0 Å². The van der Waals surface area contributed by atoms with Crippen LogP contribution in [0.3, 0.4) is 0 Å². The van der Waals surface area contributed by atoms with E-state index < -0.39 is 11.2 Å². The van der Waals surface area contributed by atoms with E-state index in [1.165, 1.54) is 11.1 Å². The highest BCUT2D eigenvalue weighted by Gasteiger charge is 2.36. The van der Waals surface area contributed by atoms with E-state index in [9.17, 15) is 25.2 Å². The van der Waals surface area contributed by atoms with Gasteiger partial charge in [-0.1, -0.05) is 109 Å². The number of aliphatic hydroxyl groups is 3. The topological polar surface area (TPSA) is 157 Å². The third-order valence-corrected chi connectivity index (χ3v) is 11.4. The number of benzene rings is 5. The van der Waals surface area contributed by atoms with Crippen LogP contribution in [0.15, 0.2) is 138 Å². The fraction of sp³-hybridized carbons (Fsp3) is 0.354. The Kier molecular flexibility index (Phi) is 19.5. The largest absolute Gasteiger partial charge is 0.508 e. The Hall–Kier alpha value is -4.59. The number of carbonyl (C=O) groups excluding carboxylic acids is 1. The molecule has 0 saturated carbocycles. The van der Waals surface area contributed by atoms with Gasteiger partial charge in [-0.05, 0) is 90.1 Å². The van der Waals surface area contributed by atoms with Crippen LogP contribution in [0.25, 0.3) is 0 Å². The Bertz CT molecular complexity index is 1920. The molecule has 316 valence electrons. The van der Waals surface area contributed by atoms with Crippen LogP contribution in [0.5, 0.6) is 17.2 Å². The number of hydrogen-bond donors (Lipinski definition) is 7. The summed E-state index contributed by atoms with van der Waals surface area (Å²) in [4.78, 5) is 15.7. The Labute approximate surface area is 357 Å². The molecular formula is C48H60BrN3O7. The Balaban J connectivity index is 0.000000179. The molecule has 0 radical (unpaired) electrons. The lowest BCUT2D eigenvalue weighted by Crippen LogP contribution is -2.42. The number of ketones is 1. The predicted octanol–water partition coefficient (Wildman–Crippen LogP) is 7.45. The summed E-state index contributed by atoms with van der Waals surface area (Å²) in [5, 5.41) is 59.8. The first-order valence-electron chi connectivity index (χ1n) is 20.2. The normalized spacial score (nSPS) is 17.2. The highest BCUT2D eigenvalue weighted by molar-refractivity contribution is 9.10. The summed E-state index contributed by atoms with van der Waals surface area (Å²) < 4.78 is 0.736. The fourth-order valence-corrected chi connectivity index (χ4v) is 7.57. The van der Waals surface area contributed by atoms with Crippen molar-refractivity contribution >= 4 is 21.7 Å². The number of Topliss-reactive ketones (excluding diaryl/α,β-unsaturated/α-hetero) is 1. The molecule has 0 atom stereocenters. The molecule has 3 aliphatic rings.